The minimum absolute atomic E-state index is 0.346. The average Bonchev–Trinajstić information content (AvgIpc) is 2.56. The number of carbonyl (C=O) groups excluding carboxylic acids is 2. The molecule has 0 saturated heterocycles. The van der Waals surface area contributed by atoms with Gasteiger partial charge in [-0.05, 0) is 42.5 Å². The van der Waals surface area contributed by atoms with Crippen molar-refractivity contribution in [3.8, 4) is 0 Å². The minimum atomic E-state index is -0.822. The Kier molecular flexibility index (Phi) is 9.89. The van der Waals surface area contributed by atoms with Crippen molar-refractivity contribution in [2.45, 2.75) is 44.6 Å². The largest absolute Gasteiger partial charge is 0.367 e. The second-order valence-corrected chi connectivity index (χ2v) is 7.82. The summed E-state index contributed by atoms with van der Waals surface area (Å²) in [5.74, 6) is -0.0980. The van der Waals surface area contributed by atoms with Crippen molar-refractivity contribution in [3.05, 3.63) is 34.9 Å². The van der Waals surface area contributed by atoms with Gasteiger partial charge in [-0.25, -0.2) is 0 Å². The van der Waals surface area contributed by atoms with E-state index in [9.17, 15) is 9.59 Å². The summed E-state index contributed by atoms with van der Waals surface area (Å²) < 4.78 is 5.46. The lowest BCUT2D eigenvalue weighted by atomic mass is 10.1. The molecule has 2 unspecified atom stereocenters. The first-order chi connectivity index (χ1) is 11.8. The summed E-state index contributed by atoms with van der Waals surface area (Å²) in [7, 11) is 0. The lowest BCUT2D eigenvalue weighted by molar-refractivity contribution is -0.134. The average molecular weight is 388 g/mol. The highest BCUT2D eigenvalue weighted by Crippen LogP contribution is 2.13. The molecule has 0 spiro atoms. The molecule has 0 aliphatic rings. The van der Waals surface area contributed by atoms with Crippen molar-refractivity contribution in [2.75, 3.05) is 12.4 Å². The number of hydrazine groups is 1. The van der Waals surface area contributed by atoms with Gasteiger partial charge in [0.15, 0.2) is 6.10 Å². The molecule has 0 aliphatic carbocycles. The van der Waals surface area contributed by atoms with Gasteiger partial charge >= 0.3 is 0 Å². The quantitative estimate of drug-likeness (QED) is 0.565. The van der Waals surface area contributed by atoms with Gasteiger partial charge in [-0.1, -0.05) is 31.5 Å². The van der Waals surface area contributed by atoms with E-state index in [4.69, 9.17) is 22.1 Å². The van der Waals surface area contributed by atoms with Gasteiger partial charge in [0.25, 0.3) is 11.8 Å². The van der Waals surface area contributed by atoms with E-state index in [1.54, 1.807) is 36.9 Å². The van der Waals surface area contributed by atoms with Crippen molar-refractivity contribution in [2.24, 2.45) is 5.73 Å². The Morgan fingerprint density at radius 1 is 1.32 bits per heavy atom. The number of nitrogens with two attached hydrogens (primary N) is 1. The van der Waals surface area contributed by atoms with Gasteiger partial charge in [-0.15, -0.1) is 0 Å². The zero-order chi connectivity index (χ0) is 18.8. The fourth-order valence-corrected chi connectivity index (χ4v) is 3.13. The fraction of sp³-hybridized carbons (Fsp3) is 0.529. The van der Waals surface area contributed by atoms with Crippen LogP contribution in [0.2, 0.25) is 5.02 Å². The second-order valence-electron chi connectivity index (χ2n) is 5.70. The van der Waals surface area contributed by atoms with Crippen LogP contribution in [0.25, 0.3) is 0 Å². The summed E-state index contributed by atoms with van der Waals surface area (Å²) >= 11 is 7.62. The first-order valence-electron chi connectivity index (χ1n) is 8.19. The van der Waals surface area contributed by atoms with E-state index in [0.717, 1.165) is 5.75 Å². The van der Waals surface area contributed by atoms with Crippen LogP contribution in [-0.4, -0.2) is 41.6 Å². The molecule has 1 aromatic rings. The van der Waals surface area contributed by atoms with Crippen LogP contribution in [0.4, 0.5) is 0 Å². The number of amides is 2. The van der Waals surface area contributed by atoms with Crippen LogP contribution in [-0.2, 0) is 9.53 Å². The van der Waals surface area contributed by atoms with Gasteiger partial charge in [0.05, 0.1) is 0 Å². The lowest BCUT2D eigenvalue weighted by Crippen LogP contribution is -2.53. The third-order valence-electron chi connectivity index (χ3n) is 3.28. The Balaban J connectivity index is 2.56. The molecular weight excluding hydrogens is 362 g/mol. The van der Waals surface area contributed by atoms with Crippen LogP contribution in [0.5, 0.6) is 0 Å². The molecule has 6 nitrogen and oxygen atoms in total. The van der Waals surface area contributed by atoms with Crippen LogP contribution >= 0.6 is 23.4 Å². The maximum Gasteiger partial charge on any atom is 0.269 e. The van der Waals surface area contributed by atoms with E-state index in [-0.39, 0.29) is 0 Å². The highest BCUT2D eigenvalue weighted by atomic mass is 35.5. The summed E-state index contributed by atoms with van der Waals surface area (Å²) in [5, 5.41) is 0.944. The summed E-state index contributed by atoms with van der Waals surface area (Å²) in [6.45, 7) is 6.36. The number of nitrogens with one attached hydrogen (secondary N) is 2. The molecule has 140 valence electrons. The molecule has 0 heterocycles. The number of thioether (sulfide) groups is 1. The summed E-state index contributed by atoms with van der Waals surface area (Å²) in [6, 6.07) is 5.98. The molecule has 4 N–H and O–H groups in total. The number of benzene rings is 1. The number of rotatable bonds is 9. The maximum absolute atomic E-state index is 12.3. The van der Waals surface area contributed by atoms with E-state index in [1.807, 2.05) is 0 Å². The van der Waals surface area contributed by atoms with Crippen molar-refractivity contribution in [3.63, 3.8) is 0 Å². The predicted octanol–water partition coefficient (Wildman–Crippen LogP) is 2.37. The van der Waals surface area contributed by atoms with E-state index in [2.05, 4.69) is 24.7 Å². The number of hydrogen-bond donors (Lipinski definition) is 3. The topological polar surface area (TPSA) is 93.5 Å². The number of hydrogen-bond acceptors (Lipinski definition) is 5. The molecule has 1 rings (SSSR count). The van der Waals surface area contributed by atoms with Gasteiger partial charge in [-0.3, -0.25) is 20.4 Å². The zero-order valence-electron chi connectivity index (χ0n) is 14.8. The Labute approximate surface area is 158 Å². The zero-order valence-corrected chi connectivity index (χ0v) is 16.3. The first kappa shape index (κ1) is 21.8. The van der Waals surface area contributed by atoms with E-state index in [0.29, 0.717) is 28.9 Å². The van der Waals surface area contributed by atoms with Crippen LogP contribution in [0.3, 0.4) is 0 Å². The molecule has 0 saturated carbocycles. The predicted molar refractivity (Wildman–Crippen MR) is 103 cm³/mol. The molecule has 25 heavy (non-hydrogen) atoms. The molecule has 2 amide bonds. The van der Waals surface area contributed by atoms with Gasteiger partial charge in [0.2, 0.25) is 0 Å². The standard InChI is InChI=1S/C17H26ClN3O3S/c1-4-24-15(14(19)8-9-25-11(2)3)17(23)21-20-16(22)12-6-5-7-13(18)10-12/h5-7,10-11,14-15H,4,8-9,19H2,1-3H3,(H,20,22)(H,21,23). The molecular formula is C17H26ClN3O3S. The Morgan fingerprint density at radius 2 is 2.04 bits per heavy atom. The fourth-order valence-electron chi connectivity index (χ4n) is 2.06. The van der Waals surface area contributed by atoms with Crippen molar-refractivity contribution in [1.82, 2.24) is 10.9 Å². The molecule has 0 fully saturated rings. The Morgan fingerprint density at radius 3 is 2.64 bits per heavy atom. The minimum Gasteiger partial charge on any atom is -0.367 e. The molecule has 0 bridgehead atoms. The monoisotopic (exact) mass is 387 g/mol. The number of halogens is 1. The molecule has 0 aromatic heterocycles. The van der Waals surface area contributed by atoms with E-state index >= 15 is 0 Å². The maximum atomic E-state index is 12.3. The van der Waals surface area contributed by atoms with Crippen LogP contribution < -0.4 is 16.6 Å². The van der Waals surface area contributed by atoms with Crippen LogP contribution in [0.15, 0.2) is 24.3 Å². The summed E-state index contributed by atoms with van der Waals surface area (Å²) in [6.07, 6.45) is -0.180. The third kappa shape index (κ3) is 8.09. The highest BCUT2D eigenvalue weighted by Gasteiger charge is 2.26. The Bertz CT molecular complexity index is 572. The van der Waals surface area contributed by atoms with E-state index in [1.165, 1.54) is 6.07 Å². The third-order valence-corrected chi connectivity index (χ3v) is 4.66. The van der Waals surface area contributed by atoms with Gasteiger partial charge < -0.3 is 10.5 Å². The lowest BCUT2D eigenvalue weighted by Gasteiger charge is -2.23. The van der Waals surface area contributed by atoms with Crippen molar-refractivity contribution in [1.29, 1.82) is 0 Å². The second kappa shape index (κ2) is 11.4. The smallest absolute Gasteiger partial charge is 0.269 e. The molecule has 8 heteroatoms. The van der Waals surface area contributed by atoms with Gasteiger partial charge in [0.1, 0.15) is 0 Å². The SMILES string of the molecule is CCOC(C(=O)NNC(=O)c1cccc(Cl)c1)C(N)CCSC(C)C. The van der Waals surface area contributed by atoms with E-state index < -0.39 is 24.0 Å². The number of carbonyl (C=O) groups is 2. The molecule has 1 aromatic carbocycles. The first-order valence-corrected chi connectivity index (χ1v) is 9.62. The summed E-state index contributed by atoms with van der Waals surface area (Å²) in [4.78, 5) is 24.3. The molecule has 0 radical (unpaired) electrons. The van der Waals surface area contributed by atoms with Gasteiger partial charge in [0, 0.05) is 23.2 Å². The van der Waals surface area contributed by atoms with Crippen molar-refractivity contribution >= 4 is 35.2 Å². The normalized spacial score (nSPS) is 13.4. The number of ether oxygens (including phenoxy) is 1. The Hall–Kier alpha value is -1.28. The highest BCUT2D eigenvalue weighted by molar-refractivity contribution is 7.99. The molecule has 2 atom stereocenters. The van der Waals surface area contributed by atoms with Crippen molar-refractivity contribution < 1.29 is 14.3 Å². The van der Waals surface area contributed by atoms with Crippen LogP contribution in [0, 0.1) is 0 Å². The van der Waals surface area contributed by atoms with Crippen LogP contribution in [0.1, 0.15) is 37.6 Å². The summed E-state index contributed by atoms with van der Waals surface area (Å²) in [5.41, 5.74) is 11.2. The van der Waals surface area contributed by atoms with Gasteiger partial charge in [-0.2, -0.15) is 11.8 Å². The molecule has 0 aliphatic heterocycles.